The first-order chi connectivity index (χ1) is 12.7. The Hall–Kier alpha value is -2.79. The van der Waals surface area contributed by atoms with Crippen LogP contribution in [0.3, 0.4) is 0 Å². The number of carbonyl (C=O) groups is 1. The van der Waals surface area contributed by atoms with Gasteiger partial charge in [-0.1, -0.05) is 30.3 Å². The molecule has 134 valence electrons. The van der Waals surface area contributed by atoms with Crippen molar-refractivity contribution < 1.29 is 9.90 Å². The van der Waals surface area contributed by atoms with Crippen LogP contribution in [0.15, 0.2) is 54.7 Å². The summed E-state index contributed by atoms with van der Waals surface area (Å²) in [5, 5.41) is 13.9. The van der Waals surface area contributed by atoms with E-state index >= 15 is 0 Å². The molecule has 1 atom stereocenters. The summed E-state index contributed by atoms with van der Waals surface area (Å²) >= 11 is 0. The summed E-state index contributed by atoms with van der Waals surface area (Å²) in [5.74, 6) is 0.436. The van der Waals surface area contributed by atoms with E-state index in [0.29, 0.717) is 13.0 Å². The molecule has 0 bridgehead atoms. The van der Waals surface area contributed by atoms with E-state index in [1.54, 1.807) is 12.1 Å². The number of carbonyl (C=O) groups excluding carboxylic acids is 1. The number of benzene rings is 2. The number of amides is 1. The third kappa shape index (κ3) is 3.44. The number of H-pyrrole nitrogens is 1. The third-order valence-electron chi connectivity index (χ3n) is 5.09. The molecule has 1 saturated heterocycles. The molecule has 0 radical (unpaired) electrons. The molecule has 1 aromatic heterocycles. The van der Waals surface area contributed by atoms with E-state index < -0.39 is 0 Å². The summed E-state index contributed by atoms with van der Waals surface area (Å²) in [4.78, 5) is 18.1. The van der Waals surface area contributed by atoms with E-state index in [-0.39, 0.29) is 17.7 Å². The van der Waals surface area contributed by atoms with Gasteiger partial charge in [-0.3, -0.25) is 4.79 Å². The van der Waals surface area contributed by atoms with E-state index in [0.717, 1.165) is 30.6 Å². The topological polar surface area (TPSA) is 68.4 Å². The molecule has 26 heavy (non-hydrogen) atoms. The minimum absolute atomic E-state index is 0.167. The smallest absolute Gasteiger partial charge is 0.240 e. The summed E-state index contributed by atoms with van der Waals surface area (Å²) in [6, 6.07) is 15.2. The van der Waals surface area contributed by atoms with Crippen molar-refractivity contribution in [2.24, 2.45) is 0 Å². The Morgan fingerprint density at radius 3 is 2.77 bits per heavy atom. The minimum Gasteiger partial charge on any atom is -0.508 e. The SMILES string of the molecule is O=C1C(Cc2c[nH]c3ccccc23)NCCN1CCc1ccc(O)cc1. The molecule has 0 saturated carbocycles. The average molecular weight is 349 g/mol. The van der Waals surface area contributed by atoms with Crippen LogP contribution >= 0.6 is 0 Å². The second-order valence-electron chi connectivity index (χ2n) is 6.81. The minimum atomic E-state index is -0.178. The molecule has 1 fully saturated rings. The number of nitrogens with one attached hydrogen (secondary N) is 2. The van der Waals surface area contributed by atoms with E-state index in [1.807, 2.05) is 35.4 Å². The van der Waals surface area contributed by atoms with E-state index in [9.17, 15) is 9.90 Å². The second kappa shape index (κ2) is 7.22. The standard InChI is InChI=1S/C21H23N3O2/c25-17-7-5-15(6-8-17)9-11-24-12-10-22-20(21(24)26)13-16-14-23-19-4-2-1-3-18(16)19/h1-8,14,20,22-23,25H,9-13H2. The zero-order valence-electron chi connectivity index (χ0n) is 14.6. The van der Waals surface area contributed by atoms with Crippen molar-refractivity contribution in [3.8, 4) is 5.75 Å². The summed E-state index contributed by atoms with van der Waals surface area (Å²) in [7, 11) is 0. The van der Waals surface area contributed by atoms with Crippen molar-refractivity contribution in [3.63, 3.8) is 0 Å². The molecule has 0 spiro atoms. The van der Waals surface area contributed by atoms with Gasteiger partial charge in [0.25, 0.3) is 0 Å². The van der Waals surface area contributed by atoms with Crippen molar-refractivity contribution in [1.29, 1.82) is 0 Å². The lowest BCUT2D eigenvalue weighted by atomic mass is 10.0. The van der Waals surface area contributed by atoms with Gasteiger partial charge in [0, 0.05) is 36.7 Å². The highest BCUT2D eigenvalue weighted by atomic mass is 16.3. The number of hydrogen-bond donors (Lipinski definition) is 3. The predicted octanol–water partition coefficient (Wildman–Crippen LogP) is 2.46. The number of phenolic OH excluding ortho intramolecular Hbond substituents is 1. The van der Waals surface area contributed by atoms with E-state index in [1.165, 1.54) is 10.9 Å². The summed E-state index contributed by atoms with van der Waals surface area (Å²) in [6.45, 7) is 2.26. The van der Waals surface area contributed by atoms with Gasteiger partial charge in [-0.05, 0) is 42.2 Å². The first-order valence-electron chi connectivity index (χ1n) is 9.06. The van der Waals surface area contributed by atoms with Crippen LogP contribution in [-0.2, 0) is 17.6 Å². The lowest BCUT2D eigenvalue weighted by molar-refractivity contribution is -0.135. The van der Waals surface area contributed by atoms with Crippen molar-refractivity contribution in [2.75, 3.05) is 19.6 Å². The zero-order valence-corrected chi connectivity index (χ0v) is 14.6. The fourth-order valence-corrected chi connectivity index (χ4v) is 3.62. The normalized spacial score (nSPS) is 17.8. The molecular formula is C21H23N3O2. The highest BCUT2D eigenvalue weighted by Crippen LogP contribution is 2.20. The van der Waals surface area contributed by atoms with Crippen LogP contribution in [0.5, 0.6) is 5.75 Å². The molecule has 3 aromatic rings. The van der Waals surface area contributed by atoms with Gasteiger partial charge in [0.05, 0.1) is 6.04 Å². The molecule has 1 amide bonds. The molecule has 1 aliphatic rings. The number of para-hydroxylation sites is 1. The largest absolute Gasteiger partial charge is 0.508 e. The van der Waals surface area contributed by atoms with Crippen LogP contribution < -0.4 is 5.32 Å². The maximum atomic E-state index is 12.9. The highest BCUT2D eigenvalue weighted by Gasteiger charge is 2.28. The molecule has 4 rings (SSSR count). The van der Waals surface area contributed by atoms with E-state index in [4.69, 9.17) is 0 Å². The van der Waals surface area contributed by atoms with Crippen LogP contribution in [0.2, 0.25) is 0 Å². The van der Waals surface area contributed by atoms with Gasteiger partial charge >= 0.3 is 0 Å². The fourth-order valence-electron chi connectivity index (χ4n) is 3.62. The second-order valence-corrected chi connectivity index (χ2v) is 6.81. The molecule has 2 heterocycles. The average Bonchev–Trinajstić information content (AvgIpc) is 3.07. The molecular weight excluding hydrogens is 326 g/mol. The predicted molar refractivity (Wildman–Crippen MR) is 102 cm³/mol. The lowest BCUT2D eigenvalue weighted by Crippen LogP contribution is -2.56. The van der Waals surface area contributed by atoms with Crippen molar-refractivity contribution >= 4 is 16.8 Å². The van der Waals surface area contributed by atoms with Gasteiger partial charge in [-0.25, -0.2) is 0 Å². The Kier molecular flexibility index (Phi) is 4.63. The van der Waals surface area contributed by atoms with Gasteiger partial charge in [0.1, 0.15) is 5.75 Å². The van der Waals surface area contributed by atoms with E-state index in [2.05, 4.69) is 22.4 Å². The molecule has 1 unspecified atom stereocenters. The quantitative estimate of drug-likeness (QED) is 0.663. The van der Waals surface area contributed by atoms with Crippen LogP contribution in [0, 0.1) is 0 Å². The lowest BCUT2D eigenvalue weighted by Gasteiger charge is -2.33. The fraction of sp³-hybridized carbons (Fsp3) is 0.286. The Labute approximate surface area is 152 Å². The first-order valence-corrected chi connectivity index (χ1v) is 9.06. The first kappa shape index (κ1) is 16.7. The van der Waals surface area contributed by atoms with Gasteiger partial charge < -0.3 is 20.3 Å². The van der Waals surface area contributed by atoms with Gasteiger partial charge in [0.15, 0.2) is 0 Å². The zero-order chi connectivity index (χ0) is 17.9. The maximum absolute atomic E-state index is 12.9. The highest BCUT2D eigenvalue weighted by molar-refractivity contribution is 5.86. The van der Waals surface area contributed by atoms with Crippen LogP contribution in [0.4, 0.5) is 0 Å². The van der Waals surface area contributed by atoms with Gasteiger partial charge in [0.2, 0.25) is 5.91 Å². The number of fused-ring (bicyclic) bond motifs is 1. The third-order valence-corrected chi connectivity index (χ3v) is 5.09. The monoisotopic (exact) mass is 349 g/mol. The Morgan fingerprint density at radius 2 is 1.92 bits per heavy atom. The number of piperazine rings is 1. The van der Waals surface area contributed by atoms with Gasteiger partial charge in [-0.2, -0.15) is 0 Å². The van der Waals surface area contributed by atoms with Crippen molar-refractivity contribution in [1.82, 2.24) is 15.2 Å². The molecule has 2 aromatic carbocycles. The Bertz CT molecular complexity index is 901. The number of phenols is 1. The number of hydrogen-bond acceptors (Lipinski definition) is 3. The Morgan fingerprint density at radius 1 is 1.12 bits per heavy atom. The number of aromatic amines is 1. The Balaban J connectivity index is 1.41. The number of aromatic nitrogens is 1. The van der Waals surface area contributed by atoms with Crippen molar-refractivity contribution in [3.05, 3.63) is 65.9 Å². The number of nitrogens with zero attached hydrogens (tertiary/aromatic N) is 1. The van der Waals surface area contributed by atoms with Crippen LogP contribution in [-0.4, -0.2) is 46.6 Å². The number of rotatable bonds is 5. The molecule has 3 N–H and O–H groups in total. The van der Waals surface area contributed by atoms with Crippen LogP contribution in [0.25, 0.3) is 10.9 Å². The summed E-state index contributed by atoms with van der Waals surface area (Å²) in [6.07, 6.45) is 3.50. The molecule has 5 nitrogen and oxygen atoms in total. The summed E-state index contributed by atoms with van der Waals surface area (Å²) in [5.41, 5.74) is 3.41. The van der Waals surface area contributed by atoms with Crippen LogP contribution in [0.1, 0.15) is 11.1 Å². The maximum Gasteiger partial charge on any atom is 0.240 e. The summed E-state index contributed by atoms with van der Waals surface area (Å²) < 4.78 is 0. The molecule has 1 aliphatic heterocycles. The van der Waals surface area contributed by atoms with Crippen molar-refractivity contribution in [2.45, 2.75) is 18.9 Å². The number of aromatic hydroxyl groups is 1. The van der Waals surface area contributed by atoms with Gasteiger partial charge in [-0.15, -0.1) is 0 Å². The molecule has 5 heteroatoms. The molecule has 0 aliphatic carbocycles.